The SMILES string of the molecule is COc1c(Cl)cc(Cl)cc1/C(O)=C1\C(=O)C(=O)N(c2cccc(OC(F)(F)F)c2)C1c1ccncc1. The predicted molar refractivity (Wildman–Crippen MR) is 125 cm³/mol. The largest absolute Gasteiger partial charge is 0.573 e. The summed E-state index contributed by atoms with van der Waals surface area (Å²) in [5.41, 5.74) is -0.137. The molecule has 1 aliphatic heterocycles. The Morgan fingerprint density at radius 1 is 1.08 bits per heavy atom. The minimum atomic E-state index is -4.97. The molecule has 1 amide bonds. The van der Waals surface area contributed by atoms with E-state index in [4.69, 9.17) is 27.9 Å². The van der Waals surface area contributed by atoms with Gasteiger partial charge in [0.05, 0.1) is 29.3 Å². The quantitative estimate of drug-likeness (QED) is 0.246. The van der Waals surface area contributed by atoms with Crippen molar-refractivity contribution in [3.8, 4) is 11.5 Å². The summed E-state index contributed by atoms with van der Waals surface area (Å²) >= 11 is 12.3. The van der Waals surface area contributed by atoms with E-state index in [1.807, 2.05) is 0 Å². The molecule has 1 atom stereocenters. The van der Waals surface area contributed by atoms with Crippen LogP contribution in [0.2, 0.25) is 10.0 Å². The lowest BCUT2D eigenvalue weighted by atomic mass is 9.95. The van der Waals surface area contributed by atoms with Gasteiger partial charge in [0.25, 0.3) is 11.7 Å². The second kappa shape index (κ2) is 9.71. The van der Waals surface area contributed by atoms with Gasteiger partial charge >= 0.3 is 6.36 Å². The average molecular weight is 539 g/mol. The second-order valence-electron chi connectivity index (χ2n) is 7.46. The predicted octanol–water partition coefficient (Wildman–Crippen LogP) is 5.92. The Morgan fingerprint density at radius 2 is 1.78 bits per heavy atom. The Balaban J connectivity index is 1.95. The molecular formula is C24H15Cl2F3N2O5. The number of nitrogens with zero attached hydrogens (tertiary/aromatic N) is 2. The average Bonchev–Trinajstić information content (AvgIpc) is 3.08. The van der Waals surface area contributed by atoms with Gasteiger partial charge in [-0.05, 0) is 42.0 Å². The van der Waals surface area contributed by atoms with Crippen LogP contribution in [0.1, 0.15) is 17.2 Å². The Bertz CT molecular complexity index is 1380. The van der Waals surface area contributed by atoms with Gasteiger partial charge in [0.1, 0.15) is 17.3 Å². The molecule has 1 fully saturated rings. The van der Waals surface area contributed by atoms with Crippen molar-refractivity contribution in [2.24, 2.45) is 0 Å². The molecule has 186 valence electrons. The molecular weight excluding hydrogens is 524 g/mol. The first-order valence-corrected chi connectivity index (χ1v) is 10.9. The molecule has 3 aromatic rings. The number of hydrogen-bond acceptors (Lipinski definition) is 6. The van der Waals surface area contributed by atoms with Crippen LogP contribution in [0.4, 0.5) is 18.9 Å². The molecule has 36 heavy (non-hydrogen) atoms. The van der Waals surface area contributed by atoms with Crippen molar-refractivity contribution >= 4 is 46.3 Å². The summed E-state index contributed by atoms with van der Waals surface area (Å²) in [7, 11) is 1.29. The van der Waals surface area contributed by atoms with Gasteiger partial charge in [-0.2, -0.15) is 0 Å². The number of aliphatic hydroxyl groups is 1. The Morgan fingerprint density at radius 3 is 2.42 bits per heavy atom. The molecule has 0 bridgehead atoms. The zero-order valence-electron chi connectivity index (χ0n) is 18.2. The minimum Gasteiger partial charge on any atom is -0.507 e. The number of methoxy groups -OCH3 is 1. The Hall–Kier alpha value is -3.76. The van der Waals surface area contributed by atoms with Crippen molar-refractivity contribution in [3.63, 3.8) is 0 Å². The first kappa shape index (κ1) is 25.3. The highest BCUT2D eigenvalue weighted by atomic mass is 35.5. The van der Waals surface area contributed by atoms with E-state index in [1.54, 1.807) is 0 Å². The number of Topliss-reactive ketones (excluding diaryl/α,β-unsaturated/α-hetero) is 1. The van der Waals surface area contributed by atoms with E-state index in [0.29, 0.717) is 5.56 Å². The highest BCUT2D eigenvalue weighted by Gasteiger charge is 2.47. The number of ether oxygens (including phenoxy) is 2. The fourth-order valence-corrected chi connectivity index (χ4v) is 4.45. The van der Waals surface area contributed by atoms with E-state index in [2.05, 4.69) is 9.72 Å². The van der Waals surface area contributed by atoms with Crippen molar-refractivity contribution in [3.05, 3.63) is 87.7 Å². The lowest BCUT2D eigenvalue weighted by Gasteiger charge is -2.26. The van der Waals surface area contributed by atoms with Gasteiger partial charge in [0, 0.05) is 29.2 Å². The second-order valence-corrected chi connectivity index (χ2v) is 8.31. The van der Waals surface area contributed by atoms with E-state index in [-0.39, 0.29) is 32.6 Å². The lowest BCUT2D eigenvalue weighted by molar-refractivity contribution is -0.274. The van der Waals surface area contributed by atoms with E-state index >= 15 is 0 Å². The number of carbonyl (C=O) groups excluding carboxylic acids is 2. The summed E-state index contributed by atoms with van der Waals surface area (Å²) in [4.78, 5) is 31.3. The summed E-state index contributed by atoms with van der Waals surface area (Å²) in [6.07, 6.45) is -2.18. The third kappa shape index (κ3) is 4.82. The van der Waals surface area contributed by atoms with Gasteiger partial charge < -0.3 is 14.6 Å². The molecule has 2 heterocycles. The maximum Gasteiger partial charge on any atom is 0.573 e. The van der Waals surface area contributed by atoms with E-state index in [9.17, 15) is 27.9 Å². The molecule has 1 saturated heterocycles. The number of pyridine rings is 1. The van der Waals surface area contributed by atoms with Gasteiger partial charge in [0.2, 0.25) is 0 Å². The van der Waals surface area contributed by atoms with Crippen LogP contribution in [0.3, 0.4) is 0 Å². The number of aromatic nitrogens is 1. The van der Waals surface area contributed by atoms with Crippen LogP contribution in [0, 0.1) is 0 Å². The van der Waals surface area contributed by atoms with Crippen LogP contribution < -0.4 is 14.4 Å². The topological polar surface area (TPSA) is 89.0 Å². The molecule has 4 rings (SSSR count). The molecule has 1 unspecified atom stereocenters. The zero-order valence-corrected chi connectivity index (χ0v) is 19.7. The standard InChI is InChI=1S/C24H15Cl2F3N2O5/c1-35-22-16(9-13(25)10-17(22)26)20(32)18-19(12-5-7-30-8-6-12)31(23(34)21(18)33)14-3-2-4-15(11-14)36-24(27,28)29/h2-11,19,32H,1H3/b20-18+. The van der Waals surface area contributed by atoms with Gasteiger partial charge in [-0.1, -0.05) is 29.3 Å². The molecule has 2 aromatic carbocycles. The number of aliphatic hydroxyl groups excluding tert-OH is 1. The van der Waals surface area contributed by atoms with Crippen molar-refractivity contribution < 1.29 is 37.3 Å². The van der Waals surface area contributed by atoms with Crippen LogP contribution in [0.15, 0.2) is 66.5 Å². The van der Waals surface area contributed by atoms with Crippen molar-refractivity contribution in [1.29, 1.82) is 0 Å². The summed E-state index contributed by atoms with van der Waals surface area (Å²) < 4.78 is 47.6. The molecule has 1 aliphatic rings. The highest BCUT2D eigenvalue weighted by molar-refractivity contribution is 6.52. The van der Waals surface area contributed by atoms with Crippen molar-refractivity contribution in [2.75, 3.05) is 12.0 Å². The van der Waals surface area contributed by atoms with Gasteiger partial charge in [-0.25, -0.2) is 0 Å². The van der Waals surface area contributed by atoms with Crippen molar-refractivity contribution in [1.82, 2.24) is 4.98 Å². The molecule has 1 aromatic heterocycles. The fourth-order valence-electron chi connectivity index (χ4n) is 3.88. The molecule has 0 aliphatic carbocycles. The number of anilines is 1. The zero-order chi connectivity index (χ0) is 26.2. The van der Waals surface area contributed by atoms with E-state index in [0.717, 1.165) is 17.0 Å². The maximum absolute atomic E-state index is 13.2. The molecule has 1 N–H and O–H groups in total. The van der Waals surface area contributed by atoms with Crippen LogP contribution in [-0.4, -0.2) is 35.3 Å². The smallest absolute Gasteiger partial charge is 0.507 e. The number of amides is 1. The van der Waals surface area contributed by atoms with E-state index < -0.39 is 35.6 Å². The number of hydrogen-bond donors (Lipinski definition) is 1. The molecule has 7 nitrogen and oxygen atoms in total. The van der Waals surface area contributed by atoms with Crippen LogP contribution >= 0.6 is 23.2 Å². The maximum atomic E-state index is 13.2. The minimum absolute atomic E-state index is 0.00109. The summed E-state index contributed by atoms with van der Waals surface area (Å²) in [5.74, 6) is -3.41. The van der Waals surface area contributed by atoms with E-state index in [1.165, 1.54) is 55.9 Å². The van der Waals surface area contributed by atoms with Crippen LogP contribution in [0.5, 0.6) is 11.5 Å². The van der Waals surface area contributed by atoms with Gasteiger partial charge in [-0.15, -0.1) is 13.2 Å². The molecule has 0 saturated carbocycles. The molecule has 12 heteroatoms. The lowest BCUT2D eigenvalue weighted by Crippen LogP contribution is -2.29. The Kier molecular flexibility index (Phi) is 6.83. The fraction of sp³-hybridized carbons (Fsp3) is 0.125. The Labute approximate surface area is 212 Å². The number of ketones is 1. The van der Waals surface area contributed by atoms with Crippen LogP contribution in [0.25, 0.3) is 5.76 Å². The van der Waals surface area contributed by atoms with Crippen molar-refractivity contribution in [2.45, 2.75) is 12.4 Å². The third-order valence-electron chi connectivity index (χ3n) is 5.26. The number of benzene rings is 2. The summed E-state index contributed by atoms with van der Waals surface area (Å²) in [6, 6.07) is 9.00. The number of rotatable bonds is 5. The number of halogens is 5. The van der Waals surface area contributed by atoms with Gasteiger partial charge in [-0.3, -0.25) is 19.5 Å². The van der Waals surface area contributed by atoms with Gasteiger partial charge in [0.15, 0.2) is 0 Å². The highest BCUT2D eigenvalue weighted by Crippen LogP contribution is 2.45. The summed E-state index contributed by atoms with van der Waals surface area (Å²) in [5, 5.41) is 11.4. The van der Waals surface area contributed by atoms with Crippen LogP contribution in [-0.2, 0) is 9.59 Å². The molecule has 0 spiro atoms. The molecule has 0 radical (unpaired) electrons. The summed E-state index contributed by atoms with van der Waals surface area (Å²) in [6.45, 7) is 0. The first-order valence-electron chi connectivity index (χ1n) is 10.1. The monoisotopic (exact) mass is 538 g/mol. The first-order chi connectivity index (χ1) is 17.0. The normalized spacial score (nSPS) is 17.4. The number of alkyl halides is 3. The third-order valence-corrected chi connectivity index (χ3v) is 5.76. The number of carbonyl (C=O) groups is 2.